The van der Waals surface area contributed by atoms with Crippen molar-refractivity contribution in [1.29, 1.82) is 0 Å². The van der Waals surface area contributed by atoms with Gasteiger partial charge in [-0.1, -0.05) is 0 Å². The van der Waals surface area contributed by atoms with Crippen LogP contribution >= 0.6 is 0 Å². The van der Waals surface area contributed by atoms with Crippen molar-refractivity contribution in [1.82, 2.24) is 20.1 Å². The average molecular weight is 300 g/mol. The highest BCUT2D eigenvalue weighted by Crippen LogP contribution is 2.32. The molecule has 0 bridgehead atoms. The molecule has 116 valence electrons. The summed E-state index contributed by atoms with van der Waals surface area (Å²) in [4.78, 5) is 15.7. The molecule has 6 nitrogen and oxygen atoms in total. The minimum absolute atomic E-state index is 0.0808. The Kier molecular flexibility index (Phi) is 3.26. The van der Waals surface area contributed by atoms with Crippen molar-refractivity contribution in [2.45, 2.75) is 50.3 Å². The van der Waals surface area contributed by atoms with Crippen molar-refractivity contribution in [3.05, 3.63) is 41.5 Å². The van der Waals surface area contributed by atoms with Crippen molar-refractivity contribution in [3.63, 3.8) is 0 Å². The third-order valence-electron chi connectivity index (χ3n) is 4.81. The number of nitrogens with zero attached hydrogens (tertiary/aromatic N) is 2. The fourth-order valence-electron chi connectivity index (χ4n) is 3.55. The second-order valence-electron chi connectivity index (χ2n) is 6.25. The van der Waals surface area contributed by atoms with E-state index in [1.807, 2.05) is 18.3 Å². The number of H-pyrrole nitrogens is 1. The van der Waals surface area contributed by atoms with E-state index in [1.165, 1.54) is 24.1 Å². The van der Waals surface area contributed by atoms with Crippen LogP contribution in [-0.2, 0) is 12.8 Å². The summed E-state index contributed by atoms with van der Waals surface area (Å²) in [6.45, 7) is 0. The number of aliphatic hydroxyl groups excluding tert-OH is 1. The van der Waals surface area contributed by atoms with Gasteiger partial charge in [-0.3, -0.25) is 9.48 Å². The van der Waals surface area contributed by atoms with E-state index < -0.39 is 6.10 Å². The molecular weight excluding hydrogens is 280 g/mol. The maximum absolute atomic E-state index is 12.4. The van der Waals surface area contributed by atoms with Crippen molar-refractivity contribution in [3.8, 4) is 0 Å². The van der Waals surface area contributed by atoms with Crippen LogP contribution in [0.4, 0.5) is 0 Å². The fraction of sp³-hybridized carbons (Fsp3) is 0.500. The molecule has 1 amide bonds. The summed E-state index contributed by atoms with van der Waals surface area (Å²) in [6, 6.07) is 3.54. The lowest BCUT2D eigenvalue weighted by atomic mass is 9.83. The van der Waals surface area contributed by atoms with Gasteiger partial charge < -0.3 is 15.4 Å². The quantitative estimate of drug-likeness (QED) is 0.796. The number of rotatable bonds is 3. The van der Waals surface area contributed by atoms with Crippen LogP contribution in [-0.4, -0.2) is 37.9 Å². The Morgan fingerprint density at radius 1 is 1.41 bits per heavy atom. The molecule has 22 heavy (non-hydrogen) atoms. The van der Waals surface area contributed by atoms with Crippen LogP contribution in [0.2, 0.25) is 0 Å². The second-order valence-corrected chi connectivity index (χ2v) is 6.25. The van der Waals surface area contributed by atoms with Crippen molar-refractivity contribution >= 4 is 5.91 Å². The molecule has 2 aliphatic rings. The third-order valence-corrected chi connectivity index (χ3v) is 4.81. The fourth-order valence-corrected chi connectivity index (χ4v) is 3.55. The molecular formula is C16H20N4O2. The van der Waals surface area contributed by atoms with Gasteiger partial charge in [0.1, 0.15) is 5.69 Å². The first-order valence-electron chi connectivity index (χ1n) is 7.91. The Labute approximate surface area is 128 Å². The maximum Gasteiger partial charge on any atom is 0.268 e. The largest absolute Gasteiger partial charge is 0.391 e. The normalized spacial score (nSPS) is 27.0. The summed E-state index contributed by atoms with van der Waals surface area (Å²) in [6.07, 6.45) is 8.08. The molecule has 2 heterocycles. The standard InChI is InChI=1S/C16H20N4O2/c21-14-9-12(15(14)20-7-3-6-17-20)19-16(22)13-8-10-4-1-2-5-11(10)18-13/h3,6-8,12,14-15,18,21H,1-2,4-5,9H2,(H,19,22)/t12-,14+,15+/m0/s1. The lowest BCUT2D eigenvalue weighted by Crippen LogP contribution is -2.56. The van der Waals surface area contributed by atoms with Gasteiger partial charge in [-0.05, 0) is 49.8 Å². The molecule has 3 atom stereocenters. The van der Waals surface area contributed by atoms with E-state index in [4.69, 9.17) is 0 Å². The summed E-state index contributed by atoms with van der Waals surface area (Å²) < 4.78 is 1.72. The molecule has 0 aromatic carbocycles. The van der Waals surface area contributed by atoms with Gasteiger partial charge in [-0.15, -0.1) is 0 Å². The summed E-state index contributed by atoms with van der Waals surface area (Å²) in [5.74, 6) is -0.0940. The minimum Gasteiger partial charge on any atom is -0.391 e. The number of aliphatic hydroxyl groups is 1. The number of hydrogen-bond donors (Lipinski definition) is 3. The molecule has 3 N–H and O–H groups in total. The Morgan fingerprint density at radius 3 is 3.00 bits per heavy atom. The number of aromatic amines is 1. The molecule has 0 unspecified atom stereocenters. The second kappa shape index (κ2) is 5.28. The zero-order valence-electron chi connectivity index (χ0n) is 12.3. The van der Waals surface area contributed by atoms with Crippen LogP contribution in [0.5, 0.6) is 0 Å². The first-order chi connectivity index (χ1) is 10.7. The number of hydrogen-bond acceptors (Lipinski definition) is 3. The van der Waals surface area contributed by atoms with Crippen LogP contribution in [0, 0.1) is 0 Å². The zero-order chi connectivity index (χ0) is 15.1. The Hall–Kier alpha value is -2.08. The number of aryl methyl sites for hydroxylation is 2. The molecule has 0 aliphatic heterocycles. The highest BCUT2D eigenvalue weighted by Gasteiger charge is 2.42. The van der Waals surface area contributed by atoms with E-state index in [1.54, 1.807) is 10.9 Å². The Morgan fingerprint density at radius 2 is 2.27 bits per heavy atom. The lowest BCUT2D eigenvalue weighted by molar-refractivity contribution is -0.00594. The monoisotopic (exact) mass is 300 g/mol. The van der Waals surface area contributed by atoms with E-state index in [2.05, 4.69) is 15.4 Å². The first-order valence-corrected chi connectivity index (χ1v) is 7.91. The van der Waals surface area contributed by atoms with Gasteiger partial charge in [0.15, 0.2) is 0 Å². The molecule has 4 rings (SSSR count). The molecule has 2 aromatic rings. The summed E-state index contributed by atoms with van der Waals surface area (Å²) in [5, 5.41) is 17.1. The number of fused-ring (bicyclic) bond motifs is 1. The average Bonchev–Trinajstić information content (AvgIpc) is 3.15. The number of carbonyl (C=O) groups is 1. The molecule has 2 aliphatic carbocycles. The van der Waals surface area contributed by atoms with E-state index in [0.717, 1.165) is 12.8 Å². The summed E-state index contributed by atoms with van der Waals surface area (Å²) >= 11 is 0. The lowest BCUT2D eigenvalue weighted by Gasteiger charge is -2.41. The maximum atomic E-state index is 12.4. The molecule has 6 heteroatoms. The first kappa shape index (κ1) is 13.6. The number of amides is 1. The topological polar surface area (TPSA) is 82.9 Å². The highest BCUT2D eigenvalue weighted by molar-refractivity contribution is 5.93. The third kappa shape index (κ3) is 2.23. The van der Waals surface area contributed by atoms with E-state index in [-0.39, 0.29) is 18.0 Å². The van der Waals surface area contributed by atoms with Gasteiger partial charge in [-0.25, -0.2) is 0 Å². The minimum atomic E-state index is -0.456. The van der Waals surface area contributed by atoms with Crippen LogP contribution < -0.4 is 5.32 Å². The van der Waals surface area contributed by atoms with Crippen LogP contribution in [0.15, 0.2) is 24.5 Å². The van der Waals surface area contributed by atoms with Crippen molar-refractivity contribution in [2.24, 2.45) is 0 Å². The zero-order valence-corrected chi connectivity index (χ0v) is 12.3. The van der Waals surface area contributed by atoms with Crippen LogP contribution in [0.25, 0.3) is 0 Å². The van der Waals surface area contributed by atoms with Gasteiger partial charge in [0.05, 0.1) is 18.2 Å². The van der Waals surface area contributed by atoms with Gasteiger partial charge in [0, 0.05) is 18.1 Å². The van der Waals surface area contributed by atoms with E-state index in [9.17, 15) is 9.90 Å². The van der Waals surface area contributed by atoms with Crippen LogP contribution in [0.3, 0.4) is 0 Å². The molecule has 2 aromatic heterocycles. The Balaban J connectivity index is 1.47. The highest BCUT2D eigenvalue weighted by atomic mass is 16.3. The van der Waals surface area contributed by atoms with Gasteiger partial charge in [-0.2, -0.15) is 5.10 Å². The molecule has 0 saturated heterocycles. The smallest absolute Gasteiger partial charge is 0.268 e. The number of carbonyl (C=O) groups excluding carboxylic acids is 1. The SMILES string of the molecule is O=C(N[C@H]1C[C@@H](O)[C@@H]1n1cccn1)c1cc2c([nH]1)CCCC2. The van der Waals surface area contributed by atoms with Crippen LogP contribution in [0.1, 0.15) is 47.1 Å². The molecule has 0 radical (unpaired) electrons. The number of aromatic nitrogens is 3. The van der Waals surface area contributed by atoms with Gasteiger partial charge in [0.2, 0.25) is 0 Å². The predicted molar refractivity (Wildman–Crippen MR) is 80.6 cm³/mol. The summed E-state index contributed by atoms with van der Waals surface area (Å²) in [7, 11) is 0. The molecule has 1 fully saturated rings. The van der Waals surface area contributed by atoms with Gasteiger partial charge >= 0.3 is 0 Å². The molecule has 0 spiro atoms. The van der Waals surface area contributed by atoms with E-state index >= 15 is 0 Å². The van der Waals surface area contributed by atoms with Crippen molar-refractivity contribution in [2.75, 3.05) is 0 Å². The Bertz CT molecular complexity index is 653. The summed E-state index contributed by atoms with van der Waals surface area (Å²) in [5.41, 5.74) is 3.11. The number of nitrogens with one attached hydrogen (secondary N) is 2. The predicted octanol–water partition coefficient (Wildman–Crippen LogP) is 1.19. The van der Waals surface area contributed by atoms with Gasteiger partial charge in [0.25, 0.3) is 5.91 Å². The molecule has 1 saturated carbocycles. The van der Waals surface area contributed by atoms with Crippen molar-refractivity contribution < 1.29 is 9.90 Å². The van der Waals surface area contributed by atoms with E-state index in [0.29, 0.717) is 12.1 Å².